The van der Waals surface area contributed by atoms with Crippen molar-refractivity contribution in [1.82, 2.24) is 10.2 Å². The molecule has 116 valence electrons. The van der Waals surface area contributed by atoms with Crippen molar-refractivity contribution in [2.45, 2.75) is 18.8 Å². The van der Waals surface area contributed by atoms with Crippen LogP contribution < -0.4 is 4.74 Å². The zero-order valence-corrected chi connectivity index (χ0v) is 12.3. The van der Waals surface area contributed by atoms with Crippen LogP contribution in [0.3, 0.4) is 0 Å². The van der Waals surface area contributed by atoms with Crippen molar-refractivity contribution in [3.05, 3.63) is 35.5 Å². The lowest BCUT2D eigenvalue weighted by Crippen LogP contribution is -2.14. The van der Waals surface area contributed by atoms with Crippen LogP contribution in [0.15, 0.2) is 24.3 Å². The van der Waals surface area contributed by atoms with Crippen LogP contribution in [0, 0.1) is 0 Å². The Bertz CT molecular complexity index is 675. The summed E-state index contributed by atoms with van der Waals surface area (Å²) in [6.45, 7) is 1.55. The lowest BCUT2D eigenvalue weighted by molar-refractivity contribution is 0.0690. The molecule has 0 aliphatic carbocycles. The van der Waals surface area contributed by atoms with Crippen LogP contribution in [0.4, 0.5) is 0 Å². The van der Waals surface area contributed by atoms with Crippen molar-refractivity contribution in [3.8, 4) is 17.0 Å². The number of hydrogen-bond donors (Lipinski definition) is 2. The molecule has 0 atom stereocenters. The van der Waals surface area contributed by atoms with Crippen molar-refractivity contribution >= 4 is 5.97 Å². The zero-order valence-electron chi connectivity index (χ0n) is 12.3. The van der Waals surface area contributed by atoms with E-state index in [4.69, 9.17) is 14.6 Å². The average molecular weight is 302 g/mol. The second kappa shape index (κ2) is 6.19. The Kier molecular flexibility index (Phi) is 4.11. The molecule has 1 saturated heterocycles. The predicted molar refractivity (Wildman–Crippen MR) is 80.3 cm³/mol. The fourth-order valence-electron chi connectivity index (χ4n) is 2.78. The number of nitrogens with zero attached hydrogens (tertiary/aromatic N) is 1. The molecule has 0 bridgehead atoms. The number of hydrogen-bond acceptors (Lipinski definition) is 4. The molecule has 0 saturated carbocycles. The molecule has 1 aliphatic heterocycles. The first-order valence-corrected chi connectivity index (χ1v) is 7.24. The Morgan fingerprint density at radius 2 is 2.14 bits per heavy atom. The maximum absolute atomic E-state index is 11.0. The fraction of sp³-hybridized carbons (Fsp3) is 0.375. The van der Waals surface area contributed by atoms with E-state index in [1.54, 1.807) is 7.11 Å². The summed E-state index contributed by atoms with van der Waals surface area (Å²) in [7, 11) is 1.59. The number of aromatic carboxylic acids is 1. The summed E-state index contributed by atoms with van der Waals surface area (Å²) in [5.74, 6) is 0.105. The molecule has 0 unspecified atom stereocenters. The molecule has 2 N–H and O–H groups in total. The van der Waals surface area contributed by atoms with E-state index in [1.165, 1.54) is 11.6 Å². The van der Waals surface area contributed by atoms with E-state index in [1.807, 2.05) is 12.1 Å². The minimum atomic E-state index is -1.03. The van der Waals surface area contributed by atoms with E-state index in [9.17, 15) is 4.79 Å². The molecular weight excluding hydrogens is 284 g/mol. The van der Waals surface area contributed by atoms with E-state index in [2.05, 4.69) is 16.3 Å². The van der Waals surface area contributed by atoms with Gasteiger partial charge in [0.15, 0.2) is 0 Å². The summed E-state index contributed by atoms with van der Waals surface area (Å²) >= 11 is 0. The highest BCUT2D eigenvalue weighted by Crippen LogP contribution is 2.35. The summed E-state index contributed by atoms with van der Waals surface area (Å²) in [5.41, 5.74) is 2.64. The average Bonchev–Trinajstić information content (AvgIpc) is 3.05. The summed E-state index contributed by atoms with van der Waals surface area (Å²) in [6.07, 6.45) is 1.99. The lowest BCUT2D eigenvalue weighted by atomic mass is 9.90. The Hall–Kier alpha value is -2.34. The van der Waals surface area contributed by atoms with Gasteiger partial charge in [-0.25, -0.2) is 4.79 Å². The number of nitrogens with one attached hydrogen (secondary N) is 1. The second-order valence-electron chi connectivity index (χ2n) is 5.32. The SMILES string of the molecule is COc1ccc(C2CCOCC2)cc1-c1cc(C(=O)O)[nH]n1. The summed E-state index contributed by atoms with van der Waals surface area (Å²) in [4.78, 5) is 11.0. The van der Waals surface area contributed by atoms with Crippen molar-refractivity contribution < 1.29 is 19.4 Å². The number of benzene rings is 1. The van der Waals surface area contributed by atoms with Crippen LogP contribution in [0.5, 0.6) is 5.75 Å². The molecule has 1 fully saturated rings. The number of rotatable bonds is 4. The van der Waals surface area contributed by atoms with Crippen LogP contribution in [0.1, 0.15) is 34.8 Å². The van der Waals surface area contributed by atoms with Crippen molar-refractivity contribution in [1.29, 1.82) is 0 Å². The molecule has 6 heteroatoms. The Morgan fingerprint density at radius 1 is 1.36 bits per heavy atom. The van der Waals surface area contributed by atoms with E-state index in [0.717, 1.165) is 31.6 Å². The topological polar surface area (TPSA) is 84.4 Å². The lowest BCUT2D eigenvalue weighted by Gasteiger charge is -2.23. The number of aromatic amines is 1. The fourth-order valence-corrected chi connectivity index (χ4v) is 2.78. The molecule has 0 amide bonds. The van der Waals surface area contributed by atoms with Gasteiger partial charge in [-0.2, -0.15) is 5.10 Å². The molecule has 2 aromatic rings. The van der Waals surface area contributed by atoms with E-state index in [-0.39, 0.29) is 5.69 Å². The van der Waals surface area contributed by atoms with E-state index >= 15 is 0 Å². The molecule has 0 radical (unpaired) electrons. The quantitative estimate of drug-likeness (QED) is 0.907. The van der Waals surface area contributed by atoms with E-state index < -0.39 is 5.97 Å². The van der Waals surface area contributed by atoms with Gasteiger partial charge in [0.2, 0.25) is 0 Å². The maximum Gasteiger partial charge on any atom is 0.353 e. The molecular formula is C16H18N2O4. The molecule has 1 aromatic carbocycles. The van der Waals surface area contributed by atoms with Gasteiger partial charge in [0.05, 0.1) is 12.8 Å². The first-order chi connectivity index (χ1) is 10.7. The molecule has 6 nitrogen and oxygen atoms in total. The number of ether oxygens (including phenoxy) is 2. The van der Waals surface area contributed by atoms with Crippen molar-refractivity contribution in [2.24, 2.45) is 0 Å². The number of carbonyl (C=O) groups is 1. The Balaban J connectivity index is 1.98. The van der Waals surface area contributed by atoms with Gasteiger partial charge in [-0.05, 0) is 42.5 Å². The van der Waals surface area contributed by atoms with Crippen LogP contribution in [0.2, 0.25) is 0 Å². The van der Waals surface area contributed by atoms with Crippen LogP contribution in [0.25, 0.3) is 11.3 Å². The smallest absolute Gasteiger partial charge is 0.353 e. The largest absolute Gasteiger partial charge is 0.496 e. The maximum atomic E-state index is 11.0. The first-order valence-electron chi connectivity index (χ1n) is 7.24. The highest BCUT2D eigenvalue weighted by atomic mass is 16.5. The molecule has 3 rings (SSSR count). The molecule has 22 heavy (non-hydrogen) atoms. The molecule has 1 aromatic heterocycles. The standard InChI is InChI=1S/C16H18N2O4/c1-21-15-3-2-11(10-4-6-22-7-5-10)8-12(15)13-9-14(16(19)20)18-17-13/h2-3,8-10H,4-7H2,1H3,(H,17,18)(H,19,20). The second-order valence-corrected chi connectivity index (χ2v) is 5.32. The Morgan fingerprint density at radius 3 is 2.77 bits per heavy atom. The summed E-state index contributed by atoms with van der Waals surface area (Å²) in [5, 5.41) is 15.6. The number of methoxy groups -OCH3 is 1. The van der Waals surface area contributed by atoms with Crippen LogP contribution >= 0.6 is 0 Å². The van der Waals surface area contributed by atoms with Crippen molar-refractivity contribution in [2.75, 3.05) is 20.3 Å². The first kappa shape index (κ1) is 14.6. The zero-order chi connectivity index (χ0) is 15.5. The summed E-state index contributed by atoms with van der Waals surface area (Å²) < 4.78 is 10.8. The monoisotopic (exact) mass is 302 g/mol. The van der Waals surface area contributed by atoms with Gasteiger partial charge in [0, 0.05) is 18.8 Å². The molecule has 2 heterocycles. The minimum absolute atomic E-state index is 0.0634. The highest BCUT2D eigenvalue weighted by molar-refractivity contribution is 5.87. The van der Waals surface area contributed by atoms with Gasteiger partial charge in [-0.3, -0.25) is 5.10 Å². The third kappa shape index (κ3) is 2.82. The van der Waals surface area contributed by atoms with Crippen LogP contribution in [-0.4, -0.2) is 41.6 Å². The van der Waals surface area contributed by atoms with Crippen molar-refractivity contribution in [3.63, 3.8) is 0 Å². The number of H-pyrrole nitrogens is 1. The Labute approximate surface area is 128 Å². The third-order valence-corrected chi connectivity index (χ3v) is 4.00. The normalized spacial score (nSPS) is 15.7. The molecule has 0 spiro atoms. The number of carboxylic acid groups (broad SMARTS) is 1. The van der Waals surface area contributed by atoms with Gasteiger partial charge in [-0.1, -0.05) is 6.07 Å². The van der Waals surface area contributed by atoms with E-state index in [0.29, 0.717) is 17.4 Å². The summed E-state index contributed by atoms with van der Waals surface area (Å²) in [6, 6.07) is 7.53. The number of aromatic nitrogens is 2. The predicted octanol–water partition coefficient (Wildman–Crippen LogP) is 2.68. The van der Waals surface area contributed by atoms with Crippen LogP contribution in [-0.2, 0) is 4.74 Å². The van der Waals surface area contributed by atoms with Gasteiger partial charge >= 0.3 is 5.97 Å². The number of carboxylic acids is 1. The van der Waals surface area contributed by atoms with Gasteiger partial charge < -0.3 is 14.6 Å². The third-order valence-electron chi connectivity index (χ3n) is 4.00. The van der Waals surface area contributed by atoms with Gasteiger partial charge in [0.25, 0.3) is 0 Å². The highest BCUT2D eigenvalue weighted by Gasteiger charge is 2.19. The van der Waals surface area contributed by atoms with Gasteiger partial charge in [-0.15, -0.1) is 0 Å². The molecule has 1 aliphatic rings. The van der Waals surface area contributed by atoms with Gasteiger partial charge in [0.1, 0.15) is 11.4 Å². The minimum Gasteiger partial charge on any atom is -0.496 e.